The molecule has 7 nitrogen and oxygen atoms in total. The van der Waals surface area contributed by atoms with Crippen LogP contribution in [0.5, 0.6) is 0 Å². The number of nitrogens with zero attached hydrogens (tertiary/aromatic N) is 1. The second-order valence-corrected chi connectivity index (χ2v) is 6.87. The van der Waals surface area contributed by atoms with E-state index in [2.05, 4.69) is 20.6 Å². The number of carbonyl (C=O) groups excluding carboxylic acids is 2. The van der Waals surface area contributed by atoms with Crippen molar-refractivity contribution in [2.45, 2.75) is 6.18 Å². The number of aromatic nitrogens is 2. The quantitative estimate of drug-likeness (QED) is 0.359. The highest BCUT2D eigenvalue weighted by atomic mass is 19.4. The highest BCUT2D eigenvalue weighted by molar-refractivity contribution is 6.08. The molecular weight excluding hydrogens is 423 g/mol. The van der Waals surface area contributed by atoms with Crippen LogP contribution in [-0.2, 0) is 6.18 Å². The molecule has 0 aliphatic rings. The van der Waals surface area contributed by atoms with Gasteiger partial charge in [0.25, 0.3) is 5.91 Å². The summed E-state index contributed by atoms with van der Waals surface area (Å²) in [5.74, 6) is -0.638. The average Bonchev–Trinajstić information content (AvgIpc) is 3.14. The van der Waals surface area contributed by atoms with E-state index in [-0.39, 0.29) is 11.4 Å². The molecule has 4 aromatic rings. The van der Waals surface area contributed by atoms with E-state index in [1.54, 1.807) is 42.6 Å². The number of primary amides is 1. The largest absolute Gasteiger partial charge is 0.416 e. The Balaban J connectivity index is 1.53. The minimum Gasteiger partial charge on any atom is -0.364 e. The second kappa shape index (κ2) is 8.06. The Hall–Kier alpha value is -4.34. The van der Waals surface area contributed by atoms with Crippen LogP contribution in [0.25, 0.3) is 22.2 Å². The minimum absolute atomic E-state index is 0.00455. The zero-order chi connectivity index (χ0) is 22.9. The number of benzene rings is 2. The van der Waals surface area contributed by atoms with Crippen molar-refractivity contribution in [1.29, 1.82) is 0 Å². The predicted octanol–water partition coefficient (Wildman–Crippen LogP) is 4.99. The van der Waals surface area contributed by atoms with Gasteiger partial charge >= 0.3 is 12.2 Å². The normalized spacial score (nSPS) is 11.3. The number of halogens is 3. The van der Waals surface area contributed by atoms with Gasteiger partial charge in [0.1, 0.15) is 5.69 Å². The molecule has 4 rings (SSSR count). The zero-order valence-corrected chi connectivity index (χ0v) is 16.3. The molecule has 2 aromatic heterocycles. The number of rotatable bonds is 4. The molecule has 162 valence electrons. The molecule has 0 atom stereocenters. The van der Waals surface area contributed by atoms with Gasteiger partial charge in [-0.25, -0.2) is 4.79 Å². The maximum absolute atomic E-state index is 12.8. The Bertz CT molecular complexity index is 1310. The molecule has 5 N–H and O–H groups in total. The molecular formula is C22H16F3N5O2. The maximum Gasteiger partial charge on any atom is 0.416 e. The van der Waals surface area contributed by atoms with Crippen molar-refractivity contribution in [3.63, 3.8) is 0 Å². The molecule has 32 heavy (non-hydrogen) atoms. The third kappa shape index (κ3) is 4.24. The zero-order valence-electron chi connectivity index (χ0n) is 16.3. The first kappa shape index (κ1) is 20.9. The van der Waals surface area contributed by atoms with Crippen LogP contribution in [0.2, 0.25) is 0 Å². The fourth-order valence-corrected chi connectivity index (χ4v) is 3.27. The molecule has 0 saturated heterocycles. The van der Waals surface area contributed by atoms with Gasteiger partial charge in [0.15, 0.2) is 0 Å². The van der Waals surface area contributed by atoms with E-state index < -0.39 is 23.7 Å². The number of urea groups is 1. The fourth-order valence-electron chi connectivity index (χ4n) is 3.27. The van der Waals surface area contributed by atoms with E-state index in [1.165, 1.54) is 12.1 Å². The van der Waals surface area contributed by atoms with Crippen molar-refractivity contribution in [3.05, 3.63) is 78.1 Å². The summed E-state index contributed by atoms with van der Waals surface area (Å²) in [6.45, 7) is 0. The Labute approximate surface area is 179 Å². The molecule has 2 heterocycles. The molecule has 0 unspecified atom stereocenters. The van der Waals surface area contributed by atoms with Crippen LogP contribution in [0.15, 0.2) is 66.9 Å². The van der Waals surface area contributed by atoms with E-state index in [0.29, 0.717) is 27.8 Å². The molecule has 0 radical (unpaired) electrons. The number of fused-ring (bicyclic) bond motifs is 1. The summed E-state index contributed by atoms with van der Waals surface area (Å²) in [6.07, 6.45) is -2.91. The summed E-state index contributed by atoms with van der Waals surface area (Å²) < 4.78 is 38.5. The van der Waals surface area contributed by atoms with E-state index in [9.17, 15) is 22.8 Å². The third-order valence-corrected chi connectivity index (χ3v) is 4.68. The smallest absolute Gasteiger partial charge is 0.364 e. The maximum atomic E-state index is 12.8. The van der Waals surface area contributed by atoms with Crippen molar-refractivity contribution in [1.82, 2.24) is 9.97 Å². The number of anilines is 2. The van der Waals surface area contributed by atoms with Gasteiger partial charge in [-0.15, -0.1) is 0 Å². The van der Waals surface area contributed by atoms with Gasteiger partial charge in [-0.2, -0.15) is 13.2 Å². The molecule has 0 fully saturated rings. The third-order valence-electron chi connectivity index (χ3n) is 4.68. The van der Waals surface area contributed by atoms with Crippen LogP contribution in [0.3, 0.4) is 0 Å². The number of aromatic amines is 1. The van der Waals surface area contributed by atoms with Crippen LogP contribution >= 0.6 is 0 Å². The topological polar surface area (TPSA) is 113 Å². The lowest BCUT2D eigenvalue weighted by Crippen LogP contribution is -2.19. The van der Waals surface area contributed by atoms with Crippen molar-refractivity contribution >= 4 is 34.3 Å². The molecule has 0 spiro atoms. The van der Waals surface area contributed by atoms with Crippen LogP contribution in [0, 0.1) is 0 Å². The number of alkyl halides is 3. The van der Waals surface area contributed by atoms with Gasteiger partial charge in [-0.1, -0.05) is 18.2 Å². The molecule has 0 aliphatic heterocycles. The Morgan fingerprint density at radius 1 is 0.938 bits per heavy atom. The first-order valence-corrected chi connectivity index (χ1v) is 9.34. The number of hydrogen-bond acceptors (Lipinski definition) is 3. The van der Waals surface area contributed by atoms with Crippen LogP contribution in [0.1, 0.15) is 16.1 Å². The number of carbonyl (C=O) groups is 2. The first-order chi connectivity index (χ1) is 15.2. The predicted molar refractivity (Wildman–Crippen MR) is 114 cm³/mol. The molecule has 2 aromatic carbocycles. The highest BCUT2D eigenvalue weighted by Crippen LogP contribution is 2.32. The molecule has 3 amide bonds. The van der Waals surface area contributed by atoms with Crippen molar-refractivity contribution < 1.29 is 22.8 Å². The molecule has 0 saturated carbocycles. The van der Waals surface area contributed by atoms with Crippen LogP contribution in [0.4, 0.5) is 29.3 Å². The molecule has 0 aliphatic carbocycles. The molecule has 10 heteroatoms. The van der Waals surface area contributed by atoms with Gasteiger partial charge < -0.3 is 21.4 Å². The lowest BCUT2D eigenvalue weighted by atomic mass is 10.0. The number of amides is 3. The monoisotopic (exact) mass is 439 g/mol. The summed E-state index contributed by atoms with van der Waals surface area (Å²) in [6, 6.07) is 13.6. The SMILES string of the molecule is NC(=O)c1[nH]c2cccnc2c1-c1ccc(NC(=O)Nc2cccc(C(F)(F)F)c2)cc1. The second-order valence-electron chi connectivity index (χ2n) is 6.87. The fraction of sp³-hybridized carbons (Fsp3) is 0.0455. The van der Waals surface area contributed by atoms with Crippen molar-refractivity contribution in [2.75, 3.05) is 10.6 Å². The van der Waals surface area contributed by atoms with E-state index >= 15 is 0 Å². The highest BCUT2D eigenvalue weighted by Gasteiger charge is 2.30. The lowest BCUT2D eigenvalue weighted by Gasteiger charge is -2.11. The standard InChI is InChI=1S/C22H16F3N5O2/c23-22(24,25)13-3-1-4-15(11-13)29-21(32)28-14-8-6-12(7-9-14)17-18-16(5-2-10-27-18)30-19(17)20(26)31/h1-11,30H,(H2,26,31)(H2,28,29,32). The number of hydrogen-bond donors (Lipinski definition) is 4. The Morgan fingerprint density at radius 3 is 2.34 bits per heavy atom. The Kier molecular flexibility index (Phi) is 5.27. The van der Waals surface area contributed by atoms with Crippen molar-refractivity contribution in [2.24, 2.45) is 5.73 Å². The van der Waals surface area contributed by atoms with Crippen LogP contribution < -0.4 is 16.4 Å². The van der Waals surface area contributed by atoms with Gasteiger partial charge in [0, 0.05) is 23.1 Å². The number of nitrogens with one attached hydrogen (secondary N) is 3. The Morgan fingerprint density at radius 2 is 1.66 bits per heavy atom. The van der Waals surface area contributed by atoms with Crippen molar-refractivity contribution in [3.8, 4) is 11.1 Å². The van der Waals surface area contributed by atoms with Gasteiger partial charge in [0.05, 0.1) is 16.6 Å². The van der Waals surface area contributed by atoms with E-state index in [4.69, 9.17) is 5.73 Å². The number of pyridine rings is 1. The minimum atomic E-state index is -4.51. The summed E-state index contributed by atoms with van der Waals surface area (Å²) in [4.78, 5) is 31.3. The van der Waals surface area contributed by atoms with E-state index in [1.807, 2.05) is 0 Å². The lowest BCUT2D eigenvalue weighted by molar-refractivity contribution is -0.137. The molecule has 0 bridgehead atoms. The van der Waals surface area contributed by atoms with E-state index in [0.717, 1.165) is 12.1 Å². The first-order valence-electron chi connectivity index (χ1n) is 9.34. The number of nitrogens with two attached hydrogens (primary N) is 1. The summed E-state index contributed by atoms with van der Waals surface area (Å²) in [5, 5.41) is 4.92. The number of H-pyrrole nitrogens is 1. The van der Waals surface area contributed by atoms with Gasteiger partial charge in [0.2, 0.25) is 0 Å². The van der Waals surface area contributed by atoms with Crippen LogP contribution in [-0.4, -0.2) is 21.9 Å². The summed E-state index contributed by atoms with van der Waals surface area (Å²) >= 11 is 0. The van der Waals surface area contributed by atoms with Gasteiger partial charge in [-0.3, -0.25) is 9.78 Å². The van der Waals surface area contributed by atoms with Gasteiger partial charge in [-0.05, 0) is 48.0 Å². The summed E-state index contributed by atoms with van der Waals surface area (Å²) in [5.41, 5.74) is 7.64. The summed E-state index contributed by atoms with van der Waals surface area (Å²) in [7, 11) is 0. The average molecular weight is 439 g/mol.